The van der Waals surface area contributed by atoms with Gasteiger partial charge in [-0.3, -0.25) is 0 Å². The van der Waals surface area contributed by atoms with Gasteiger partial charge >= 0.3 is 0 Å². The molecule has 0 aromatic carbocycles. The van der Waals surface area contributed by atoms with Gasteiger partial charge in [-0.25, -0.2) is 4.98 Å². The van der Waals surface area contributed by atoms with Gasteiger partial charge in [0.1, 0.15) is 11.1 Å². The molecule has 82 valence electrons. The van der Waals surface area contributed by atoms with E-state index in [1.54, 1.807) is 22.7 Å². The number of nitrogens with one attached hydrogen (secondary N) is 1. The van der Waals surface area contributed by atoms with Crippen LogP contribution in [0.25, 0.3) is 0 Å². The molecule has 0 aliphatic carbocycles. The van der Waals surface area contributed by atoms with Crippen LogP contribution in [0, 0.1) is 11.3 Å². The first kappa shape index (κ1) is 11.3. The van der Waals surface area contributed by atoms with Gasteiger partial charge in [-0.05, 0) is 13.0 Å². The summed E-state index contributed by atoms with van der Waals surface area (Å²) >= 11 is 3.26. The number of rotatable bonds is 4. The van der Waals surface area contributed by atoms with Crippen molar-refractivity contribution in [3.05, 3.63) is 38.5 Å². The summed E-state index contributed by atoms with van der Waals surface area (Å²) in [6.45, 7) is 2.88. The molecule has 0 amide bonds. The van der Waals surface area contributed by atoms with Crippen molar-refractivity contribution < 1.29 is 0 Å². The largest absolute Gasteiger partial charge is 0.303 e. The molecule has 3 nitrogen and oxygen atoms in total. The zero-order valence-electron chi connectivity index (χ0n) is 8.80. The highest BCUT2D eigenvalue weighted by atomic mass is 32.1. The molecule has 0 saturated heterocycles. The van der Waals surface area contributed by atoms with Crippen LogP contribution in [0.4, 0.5) is 0 Å². The lowest BCUT2D eigenvalue weighted by Gasteiger charge is -2.09. The second kappa shape index (κ2) is 5.21. The van der Waals surface area contributed by atoms with Crippen LogP contribution >= 0.6 is 22.7 Å². The van der Waals surface area contributed by atoms with Crippen molar-refractivity contribution in [3.63, 3.8) is 0 Å². The quantitative estimate of drug-likeness (QED) is 0.906. The number of aromatic nitrogens is 1. The number of nitriles is 1. The first-order valence-corrected chi connectivity index (χ1v) is 6.66. The summed E-state index contributed by atoms with van der Waals surface area (Å²) < 4.78 is 0. The molecule has 2 heterocycles. The zero-order valence-corrected chi connectivity index (χ0v) is 10.4. The maximum atomic E-state index is 8.71. The number of thiazole rings is 1. The summed E-state index contributed by atoms with van der Waals surface area (Å²) in [6, 6.07) is 4.31. The van der Waals surface area contributed by atoms with E-state index in [0.717, 1.165) is 17.1 Å². The van der Waals surface area contributed by atoms with Gasteiger partial charge in [-0.2, -0.15) is 5.26 Å². The number of hydrogen-bond donors (Lipinski definition) is 1. The first-order valence-electron chi connectivity index (χ1n) is 4.90. The van der Waals surface area contributed by atoms with Gasteiger partial charge in [0.05, 0.1) is 11.6 Å². The Balaban J connectivity index is 1.90. The van der Waals surface area contributed by atoms with Crippen molar-refractivity contribution >= 4 is 22.7 Å². The molecule has 2 aromatic heterocycles. The lowest BCUT2D eigenvalue weighted by Crippen LogP contribution is -2.17. The zero-order chi connectivity index (χ0) is 11.4. The smallest absolute Gasteiger partial charge is 0.109 e. The van der Waals surface area contributed by atoms with Crippen molar-refractivity contribution in [3.8, 4) is 6.07 Å². The first-order chi connectivity index (χ1) is 7.79. The fraction of sp³-hybridized carbons (Fsp3) is 0.273. The average molecular weight is 249 g/mol. The Morgan fingerprint density at radius 1 is 1.56 bits per heavy atom. The van der Waals surface area contributed by atoms with Crippen molar-refractivity contribution in [1.29, 1.82) is 5.26 Å². The molecule has 0 fully saturated rings. The molecule has 0 saturated carbocycles. The molecule has 0 radical (unpaired) electrons. The maximum absolute atomic E-state index is 8.71. The van der Waals surface area contributed by atoms with Gasteiger partial charge in [-0.15, -0.1) is 22.7 Å². The molecule has 16 heavy (non-hydrogen) atoms. The highest BCUT2D eigenvalue weighted by molar-refractivity contribution is 7.10. The van der Waals surface area contributed by atoms with E-state index >= 15 is 0 Å². The summed E-state index contributed by atoms with van der Waals surface area (Å²) in [5.74, 6) is 0. The third kappa shape index (κ3) is 2.67. The minimum atomic E-state index is 0.257. The molecule has 5 heteroatoms. The van der Waals surface area contributed by atoms with E-state index in [0.29, 0.717) is 0 Å². The molecule has 0 aliphatic rings. The number of thiophene rings is 1. The second-order valence-corrected chi connectivity index (χ2v) is 5.31. The van der Waals surface area contributed by atoms with Crippen LogP contribution in [-0.2, 0) is 6.54 Å². The molecule has 1 unspecified atom stereocenters. The lowest BCUT2D eigenvalue weighted by atomic mass is 10.3. The van der Waals surface area contributed by atoms with Crippen LogP contribution < -0.4 is 5.32 Å². The Kier molecular flexibility index (Phi) is 3.67. The summed E-state index contributed by atoms with van der Waals surface area (Å²) in [5.41, 5.74) is 0.740. The topological polar surface area (TPSA) is 48.7 Å². The summed E-state index contributed by atoms with van der Waals surface area (Å²) in [4.78, 5) is 5.44. The molecule has 0 spiro atoms. The molecule has 1 N–H and O–H groups in total. The fourth-order valence-electron chi connectivity index (χ4n) is 1.32. The normalized spacial score (nSPS) is 12.2. The highest BCUT2D eigenvalue weighted by Crippen LogP contribution is 2.18. The van der Waals surface area contributed by atoms with Gasteiger partial charge < -0.3 is 5.32 Å². The van der Waals surface area contributed by atoms with Crippen LogP contribution in [0.2, 0.25) is 0 Å². The van der Waals surface area contributed by atoms with E-state index in [1.807, 2.05) is 23.0 Å². The Bertz CT molecular complexity index is 482. The molecule has 2 aromatic rings. The second-order valence-electron chi connectivity index (χ2n) is 3.39. The maximum Gasteiger partial charge on any atom is 0.109 e. The molecule has 0 bridgehead atoms. The van der Waals surface area contributed by atoms with Crippen molar-refractivity contribution in [2.24, 2.45) is 0 Å². The highest BCUT2D eigenvalue weighted by Gasteiger charge is 2.07. The summed E-state index contributed by atoms with van der Waals surface area (Å²) in [7, 11) is 0. The predicted octanol–water partition coefficient (Wildman–Crippen LogP) is 2.93. The third-order valence-corrected chi connectivity index (χ3v) is 4.08. The SMILES string of the molecule is CC(NCc1cc(C#N)cs1)c1nccs1. The van der Waals surface area contributed by atoms with Gasteiger partial charge in [0, 0.05) is 28.4 Å². The Hall–Kier alpha value is -1.22. The molecule has 2 rings (SSSR count). The van der Waals surface area contributed by atoms with E-state index < -0.39 is 0 Å². The standard InChI is InChI=1S/C11H11N3S2/c1-8(11-13-2-3-15-11)14-6-10-4-9(5-12)7-16-10/h2-4,7-8,14H,6H2,1H3. The predicted molar refractivity (Wildman–Crippen MR) is 66.4 cm³/mol. The van der Waals surface area contributed by atoms with Crippen LogP contribution in [0.3, 0.4) is 0 Å². The monoisotopic (exact) mass is 249 g/mol. The Labute approximate surface area is 102 Å². The van der Waals surface area contributed by atoms with Crippen LogP contribution in [0.15, 0.2) is 23.0 Å². The van der Waals surface area contributed by atoms with E-state index in [9.17, 15) is 0 Å². The van der Waals surface area contributed by atoms with Gasteiger partial charge in [0.25, 0.3) is 0 Å². The minimum absolute atomic E-state index is 0.257. The Morgan fingerprint density at radius 2 is 2.44 bits per heavy atom. The number of hydrogen-bond acceptors (Lipinski definition) is 5. The summed E-state index contributed by atoms with van der Waals surface area (Å²) in [6.07, 6.45) is 1.82. The van der Waals surface area contributed by atoms with Crippen molar-refractivity contribution in [2.45, 2.75) is 19.5 Å². The molecular weight excluding hydrogens is 238 g/mol. The summed E-state index contributed by atoms with van der Waals surface area (Å²) in [5, 5.41) is 17.0. The van der Waals surface area contributed by atoms with Gasteiger partial charge in [0.15, 0.2) is 0 Å². The lowest BCUT2D eigenvalue weighted by molar-refractivity contribution is 0.576. The van der Waals surface area contributed by atoms with E-state index in [-0.39, 0.29) is 6.04 Å². The fourth-order valence-corrected chi connectivity index (χ4v) is 2.75. The van der Waals surface area contributed by atoms with Crippen molar-refractivity contribution in [1.82, 2.24) is 10.3 Å². The number of nitrogens with zero attached hydrogens (tertiary/aromatic N) is 2. The van der Waals surface area contributed by atoms with Crippen LogP contribution in [0.5, 0.6) is 0 Å². The van der Waals surface area contributed by atoms with Gasteiger partial charge in [0.2, 0.25) is 0 Å². The molecular formula is C11H11N3S2. The van der Waals surface area contributed by atoms with Gasteiger partial charge in [-0.1, -0.05) is 0 Å². The van der Waals surface area contributed by atoms with Crippen molar-refractivity contribution in [2.75, 3.05) is 0 Å². The van der Waals surface area contributed by atoms with Crippen LogP contribution in [-0.4, -0.2) is 4.98 Å². The van der Waals surface area contributed by atoms with E-state index in [1.165, 1.54) is 4.88 Å². The third-order valence-electron chi connectivity index (χ3n) is 2.19. The molecule has 0 aliphatic heterocycles. The van der Waals surface area contributed by atoms with Crippen LogP contribution in [0.1, 0.15) is 28.4 Å². The van der Waals surface area contributed by atoms with E-state index in [4.69, 9.17) is 5.26 Å². The Morgan fingerprint density at radius 3 is 3.06 bits per heavy atom. The molecule has 1 atom stereocenters. The minimum Gasteiger partial charge on any atom is -0.303 e. The van der Waals surface area contributed by atoms with E-state index in [2.05, 4.69) is 23.3 Å². The average Bonchev–Trinajstić information content (AvgIpc) is 2.96.